The number of hydrogen-bond acceptors (Lipinski definition) is 6. The Morgan fingerprint density at radius 1 is 1.26 bits per heavy atom. The Morgan fingerprint density at radius 2 is 2.07 bits per heavy atom. The van der Waals surface area contributed by atoms with Crippen LogP contribution in [0.5, 0.6) is 11.5 Å². The molecule has 144 valence electrons. The predicted octanol–water partition coefficient (Wildman–Crippen LogP) is 3.01. The zero-order valence-electron chi connectivity index (χ0n) is 15.4. The minimum absolute atomic E-state index is 0.288. The second-order valence-corrected chi connectivity index (χ2v) is 6.65. The lowest BCUT2D eigenvalue weighted by atomic mass is 10.1. The number of carbonyl (C=O) groups is 2. The highest BCUT2D eigenvalue weighted by atomic mass is 32.1. The van der Waals surface area contributed by atoms with E-state index in [1.54, 1.807) is 23.5 Å². The second-order valence-electron chi connectivity index (χ2n) is 5.62. The van der Waals surface area contributed by atoms with Crippen molar-refractivity contribution < 1.29 is 23.8 Å². The topological polar surface area (TPSA) is 73.9 Å². The molecule has 1 aromatic heterocycles. The van der Waals surface area contributed by atoms with Crippen molar-refractivity contribution in [3.8, 4) is 11.5 Å². The number of nitrogens with one attached hydrogen (secondary N) is 1. The van der Waals surface area contributed by atoms with Gasteiger partial charge in [-0.25, -0.2) is 4.79 Å². The summed E-state index contributed by atoms with van der Waals surface area (Å²) in [5, 5.41) is 4.72. The molecule has 0 saturated heterocycles. The van der Waals surface area contributed by atoms with E-state index < -0.39 is 5.97 Å². The van der Waals surface area contributed by atoms with E-state index in [1.165, 1.54) is 25.2 Å². The average molecular weight is 389 g/mol. The van der Waals surface area contributed by atoms with E-state index >= 15 is 0 Å². The number of allylic oxidation sites excluding steroid dienone is 1. The van der Waals surface area contributed by atoms with Gasteiger partial charge in [-0.3, -0.25) is 4.79 Å². The van der Waals surface area contributed by atoms with Crippen LogP contribution in [-0.4, -0.2) is 39.2 Å². The van der Waals surface area contributed by atoms with Gasteiger partial charge in [-0.2, -0.15) is 0 Å². The molecule has 0 aliphatic carbocycles. The molecule has 0 spiro atoms. The third-order valence-corrected chi connectivity index (χ3v) is 4.70. The average Bonchev–Trinajstić information content (AvgIpc) is 3.19. The lowest BCUT2D eigenvalue weighted by molar-refractivity contribution is -0.124. The third kappa shape index (κ3) is 5.86. The molecule has 0 saturated carbocycles. The molecular formula is C20H23NO5S. The summed E-state index contributed by atoms with van der Waals surface area (Å²) in [5.41, 5.74) is 1.04. The summed E-state index contributed by atoms with van der Waals surface area (Å²) < 4.78 is 15.7. The number of rotatable bonds is 10. The minimum Gasteiger partial charge on any atom is -0.493 e. The van der Waals surface area contributed by atoms with Gasteiger partial charge in [-0.15, -0.1) is 17.9 Å². The molecule has 0 fully saturated rings. The van der Waals surface area contributed by atoms with Gasteiger partial charge in [-0.1, -0.05) is 12.1 Å². The van der Waals surface area contributed by atoms with Gasteiger partial charge < -0.3 is 19.5 Å². The number of hydrogen-bond donors (Lipinski definition) is 1. The van der Waals surface area contributed by atoms with E-state index in [0.29, 0.717) is 24.5 Å². The molecule has 1 N–H and O–H groups in total. The molecule has 0 atom stereocenters. The molecule has 7 heteroatoms. The summed E-state index contributed by atoms with van der Waals surface area (Å²) in [7, 11) is 3.02. The van der Waals surface area contributed by atoms with Crippen molar-refractivity contribution >= 4 is 23.2 Å². The summed E-state index contributed by atoms with van der Waals surface area (Å²) in [4.78, 5) is 25.4. The van der Waals surface area contributed by atoms with E-state index in [-0.39, 0.29) is 18.1 Å². The van der Waals surface area contributed by atoms with Crippen LogP contribution < -0.4 is 14.8 Å². The van der Waals surface area contributed by atoms with E-state index in [0.717, 1.165) is 12.0 Å². The van der Waals surface area contributed by atoms with Gasteiger partial charge in [-0.05, 0) is 36.4 Å². The molecule has 6 nitrogen and oxygen atoms in total. The first-order valence-electron chi connectivity index (χ1n) is 8.41. The maximum absolute atomic E-state index is 12.3. The van der Waals surface area contributed by atoms with Crippen LogP contribution in [0.2, 0.25) is 0 Å². The Hall–Kier alpha value is -2.80. The maximum Gasteiger partial charge on any atom is 0.338 e. The maximum atomic E-state index is 12.3. The van der Waals surface area contributed by atoms with E-state index in [4.69, 9.17) is 14.2 Å². The second kappa shape index (κ2) is 10.4. The molecular weight excluding hydrogens is 366 g/mol. The third-order valence-electron chi connectivity index (χ3n) is 3.76. The quantitative estimate of drug-likeness (QED) is 0.499. The molecule has 27 heavy (non-hydrogen) atoms. The number of ether oxygens (including phenoxy) is 3. The van der Waals surface area contributed by atoms with E-state index in [1.807, 2.05) is 17.5 Å². The molecule has 0 bridgehead atoms. The summed E-state index contributed by atoms with van der Waals surface area (Å²) >= 11 is 1.64. The number of esters is 1. The van der Waals surface area contributed by atoms with Crippen LogP contribution in [0, 0.1) is 0 Å². The van der Waals surface area contributed by atoms with Crippen molar-refractivity contribution in [2.45, 2.75) is 12.8 Å². The van der Waals surface area contributed by atoms with Crippen molar-refractivity contribution in [2.24, 2.45) is 0 Å². The molecule has 2 aromatic rings. The van der Waals surface area contributed by atoms with Crippen molar-refractivity contribution in [2.75, 3.05) is 27.4 Å². The Balaban J connectivity index is 1.93. The van der Waals surface area contributed by atoms with Crippen LogP contribution in [0.25, 0.3) is 0 Å². The normalized spacial score (nSPS) is 10.1. The number of carbonyl (C=O) groups excluding carboxylic acids is 2. The number of benzene rings is 1. The first-order chi connectivity index (χ1) is 13.1. The number of thiophene rings is 1. The highest BCUT2D eigenvalue weighted by molar-refractivity contribution is 7.09. The molecule has 0 radical (unpaired) electrons. The molecule has 1 aromatic carbocycles. The van der Waals surface area contributed by atoms with E-state index in [2.05, 4.69) is 11.9 Å². The molecule has 0 unspecified atom stereocenters. The van der Waals surface area contributed by atoms with Gasteiger partial charge >= 0.3 is 5.97 Å². The first-order valence-corrected chi connectivity index (χ1v) is 9.29. The van der Waals surface area contributed by atoms with Gasteiger partial charge in [0.1, 0.15) is 0 Å². The highest BCUT2D eigenvalue weighted by Gasteiger charge is 2.17. The molecule has 0 aliphatic heterocycles. The molecule has 1 amide bonds. The fourth-order valence-corrected chi connectivity index (χ4v) is 3.22. The van der Waals surface area contributed by atoms with Crippen LogP contribution >= 0.6 is 11.3 Å². The molecule has 0 aliphatic rings. The monoisotopic (exact) mass is 389 g/mol. The fraction of sp³-hybridized carbons (Fsp3) is 0.300. The lowest BCUT2D eigenvalue weighted by Crippen LogP contribution is -2.30. The first kappa shape index (κ1) is 20.5. The van der Waals surface area contributed by atoms with Crippen LogP contribution in [0.1, 0.15) is 20.8 Å². The summed E-state index contributed by atoms with van der Waals surface area (Å²) in [6.45, 7) is 3.86. The smallest absolute Gasteiger partial charge is 0.338 e. The summed E-state index contributed by atoms with van der Waals surface area (Å²) in [6, 6.07) is 7.16. The fourth-order valence-electron chi connectivity index (χ4n) is 2.51. The minimum atomic E-state index is -0.602. The SMILES string of the molecule is C=CCc1cc(C(=O)OCC(=O)NCCc2cccs2)cc(OC)c1OC. The Kier molecular flexibility index (Phi) is 7.88. The van der Waals surface area contributed by atoms with Gasteiger partial charge in [0.25, 0.3) is 5.91 Å². The zero-order chi connectivity index (χ0) is 19.6. The molecule has 2 rings (SSSR count). The van der Waals surface area contributed by atoms with Crippen LogP contribution in [-0.2, 0) is 22.4 Å². The van der Waals surface area contributed by atoms with Gasteiger partial charge in [0.05, 0.1) is 19.8 Å². The van der Waals surface area contributed by atoms with Gasteiger partial charge in [0.2, 0.25) is 0 Å². The van der Waals surface area contributed by atoms with Crippen LogP contribution in [0.4, 0.5) is 0 Å². The number of amides is 1. The predicted molar refractivity (Wildman–Crippen MR) is 105 cm³/mol. The van der Waals surface area contributed by atoms with Crippen molar-refractivity contribution in [3.63, 3.8) is 0 Å². The standard InChI is InChI=1S/C20H23NO5S/c1-4-6-14-11-15(12-17(24-2)19(14)25-3)20(23)26-13-18(22)21-9-8-16-7-5-10-27-16/h4-5,7,10-12H,1,6,8-9,13H2,2-3H3,(H,21,22). The summed E-state index contributed by atoms with van der Waals surface area (Å²) in [5.74, 6) is 0.0193. The van der Waals surface area contributed by atoms with Crippen molar-refractivity contribution in [3.05, 3.63) is 58.3 Å². The Bertz CT molecular complexity index is 786. The highest BCUT2D eigenvalue weighted by Crippen LogP contribution is 2.33. The summed E-state index contributed by atoms with van der Waals surface area (Å²) in [6.07, 6.45) is 2.95. The Labute approximate surface area is 162 Å². The number of methoxy groups -OCH3 is 2. The molecule has 1 heterocycles. The van der Waals surface area contributed by atoms with Crippen LogP contribution in [0.15, 0.2) is 42.3 Å². The van der Waals surface area contributed by atoms with Crippen molar-refractivity contribution in [1.82, 2.24) is 5.32 Å². The van der Waals surface area contributed by atoms with Crippen LogP contribution in [0.3, 0.4) is 0 Å². The van der Waals surface area contributed by atoms with Gasteiger partial charge in [0, 0.05) is 17.0 Å². The van der Waals surface area contributed by atoms with Gasteiger partial charge in [0.15, 0.2) is 18.1 Å². The Morgan fingerprint density at radius 3 is 2.70 bits per heavy atom. The lowest BCUT2D eigenvalue weighted by Gasteiger charge is -2.14. The van der Waals surface area contributed by atoms with Crippen molar-refractivity contribution in [1.29, 1.82) is 0 Å². The zero-order valence-corrected chi connectivity index (χ0v) is 16.3. The largest absolute Gasteiger partial charge is 0.493 e. The van der Waals surface area contributed by atoms with E-state index in [9.17, 15) is 9.59 Å².